The van der Waals surface area contributed by atoms with Crippen LogP contribution in [-0.2, 0) is 28.3 Å². The Balaban J connectivity index is 1.85. The quantitative estimate of drug-likeness (QED) is 0.231. The predicted molar refractivity (Wildman–Crippen MR) is 153 cm³/mol. The molecular formula is C29H32ClN3O4S. The van der Waals surface area contributed by atoms with Gasteiger partial charge in [0.05, 0.1) is 10.7 Å². The summed E-state index contributed by atoms with van der Waals surface area (Å²) in [6.45, 7) is 5.91. The topological polar surface area (TPSA) is 92.6 Å². The molecule has 0 spiro atoms. The first-order valence-electron chi connectivity index (χ1n) is 12.2. The molecule has 0 radical (unpaired) electrons. The minimum absolute atomic E-state index is 0.0226. The lowest BCUT2D eigenvalue weighted by Gasteiger charge is -2.34. The van der Waals surface area contributed by atoms with Gasteiger partial charge in [-0.25, -0.2) is 0 Å². The molecule has 0 aliphatic heterocycles. The van der Waals surface area contributed by atoms with Crippen molar-refractivity contribution in [2.24, 2.45) is 0 Å². The molecule has 1 atom stereocenters. The maximum absolute atomic E-state index is 13.7. The SMILES string of the molecule is CC(C)(C)NC(=O)C(Cc1ccccc1)N(Cc1ccccc1Cl)C(=O)CSCc1ccc([N+](=O)[O-])cc1. The summed E-state index contributed by atoms with van der Waals surface area (Å²) < 4.78 is 0. The number of thioether (sulfide) groups is 1. The van der Waals surface area contributed by atoms with Gasteiger partial charge in [0, 0.05) is 41.4 Å². The Morgan fingerprint density at radius 3 is 2.21 bits per heavy atom. The van der Waals surface area contributed by atoms with Crippen molar-refractivity contribution in [2.75, 3.05) is 5.75 Å². The van der Waals surface area contributed by atoms with E-state index in [1.807, 2.05) is 69.3 Å². The number of non-ortho nitro benzene ring substituents is 1. The van der Waals surface area contributed by atoms with Crippen molar-refractivity contribution >= 4 is 40.9 Å². The molecule has 0 bridgehead atoms. The van der Waals surface area contributed by atoms with Crippen molar-refractivity contribution in [2.45, 2.75) is 51.1 Å². The smallest absolute Gasteiger partial charge is 0.269 e. The number of nitro groups is 1. The van der Waals surface area contributed by atoms with E-state index in [1.54, 1.807) is 23.1 Å². The van der Waals surface area contributed by atoms with Gasteiger partial charge in [-0.3, -0.25) is 19.7 Å². The number of benzene rings is 3. The van der Waals surface area contributed by atoms with E-state index in [1.165, 1.54) is 23.9 Å². The number of halogens is 1. The maximum Gasteiger partial charge on any atom is 0.269 e. The lowest BCUT2D eigenvalue weighted by Crippen LogP contribution is -2.54. The van der Waals surface area contributed by atoms with E-state index in [0.717, 1.165) is 16.7 Å². The van der Waals surface area contributed by atoms with Gasteiger partial charge in [-0.1, -0.05) is 72.3 Å². The number of amides is 2. The fourth-order valence-electron chi connectivity index (χ4n) is 3.87. The van der Waals surface area contributed by atoms with E-state index < -0.39 is 16.5 Å². The summed E-state index contributed by atoms with van der Waals surface area (Å²) in [6, 6.07) is 22.5. The van der Waals surface area contributed by atoms with Crippen LogP contribution in [0, 0.1) is 10.1 Å². The molecule has 0 fully saturated rings. The van der Waals surface area contributed by atoms with Gasteiger partial charge in [-0.05, 0) is 43.5 Å². The van der Waals surface area contributed by atoms with Crippen LogP contribution in [0.4, 0.5) is 5.69 Å². The van der Waals surface area contributed by atoms with Crippen LogP contribution in [-0.4, -0.2) is 39.0 Å². The third-order valence-corrected chi connectivity index (χ3v) is 7.07. The fraction of sp³-hybridized carbons (Fsp3) is 0.310. The van der Waals surface area contributed by atoms with Gasteiger partial charge in [0.15, 0.2) is 0 Å². The highest BCUT2D eigenvalue weighted by Gasteiger charge is 2.32. The number of nitro benzene ring substituents is 1. The minimum atomic E-state index is -0.750. The second kappa shape index (κ2) is 13.4. The largest absolute Gasteiger partial charge is 0.350 e. The molecule has 0 aromatic heterocycles. The highest BCUT2D eigenvalue weighted by molar-refractivity contribution is 7.99. The van der Waals surface area contributed by atoms with E-state index in [4.69, 9.17) is 11.6 Å². The third-order valence-electron chi connectivity index (χ3n) is 5.71. The fourth-order valence-corrected chi connectivity index (χ4v) is 4.94. The summed E-state index contributed by atoms with van der Waals surface area (Å²) in [7, 11) is 0. The molecule has 3 aromatic carbocycles. The van der Waals surface area contributed by atoms with Gasteiger partial charge < -0.3 is 10.2 Å². The van der Waals surface area contributed by atoms with E-state index in [-0.39, 0.29) is 29.8 Å². The third kappa shape index (κ3) is 8.89. The van der Waals surface area contributed by atoms with Crippen molar-refractivity contribution in [3.8, 4) is 0 Å². The van der Waals surface area contributed by atoms with Crippen LogP contribution in [0.3, 0.4) is 0 Å². The number of nitrogens with one attached hydrogen (secondary N) is 1. The lowest BCUT2D eigenvalue weighted by atomic mass is 10.0. The van der Waals surface area contributed by atoms with Gasteiger partial charge >= 0.3 is 0 Å². The molecule has 0 saturated carbocycles. The van der Waals surface area contributed by atoms with E-state index in [0.29, 0.717) is 17.2 Å². The van der Waals surface area contributed by atoms with E-state index >= 15 is 0 Å². The van der Waals surface area contributed by atoms with Crippen molar-refractivity contribution in [1.82, 2.24) is 10.2 Å². The number of hydrogen-bond acceptors (Lipinski definition) is 5. The monoisotopic (exact) mass is 553 g/mol. The number of carbonyl (C=O) groups excluding carboxylic acids is 2. The normalized spacial score (nSPS) is 12.0. The van der Waals surface area contributed by atoms with Gasteiger partial charge in [0.25, 0.3) is 5.69 Å². The van der Waals surface area contributed by atoms with Crippen LogP contribution >= 0.6 is 23.4 Å². The average Bonchev–Trinajstić information content (AvgIpc) is 2.87. The summed E-state index contributed by atoms with van der Waals surface area (Å²) in [5, 5.41) is 14.5. The van der Waals surface area contributed by atoms with Crippen LogP contribution in [0.2, 0.25) is 5.02 Å². The second-order valence-electron chi connectivity index (χ2n) is 9.97. The van der Waals surface area contributed by atoms with Gasteiger partial charge in [0.1, 0.15) is 6.04 Å². The van der Waals surface area contributed by atoms with Crippen LogP contribution in [0.25, 0.3) is 0 Å². The van der Waals surface area contributed by atoms with Crippen molar-refractivity contribution in [3.63, 3.8) is 0 Å². The van der Waals surface area contributed by atoms with Crippen molar-refractivity contribution in [3.05, 3.63) is 111 Å². The Kier molecular flexibility index (Phi) is 10.3. The molecule has 0 saturated heterocycles. The molecule has 0 aliphatic rings. The molecule has 2 amide bonds. The highest BCUT2D eigenvalue weighted by atomic mass is 35.5. The number of carbonyl (C=O) groups is 2. The van der Waals surface area contributed by atoms with E-state index in [9.17, 15) is 19.7 Å². The number of hydrogen-bond donors (Lipinski definition) is 1. The standard InChI is InChI=1S/C29H32ClN3O4S/c1-29(2,3)31-28(35)26(17-21-9-5-4-6-10-21)32(18-23-11-7-8-12-25(23)30)27(34)20-38-19-22-13-15-24(16-14-22)33(36)37/h4-16,26H,17-20H2,1-3H3,(H,31,35). The van der Waals surface area contributed by atoms with Crippen LogP contribution in [0.15, 0.2) is 78.9 Å². The van der Waals surface area contributed by atoms with Gasteiger partial charge in [-0.15, -0.1) is 11.8 Å². The van der Waals surface area contributed by atoms with Crippen molar-refractivity contribution < 1.29 is 14.5 Å². The first kappa shape index (κ1) is 29.2. The molecule has 200 valence electrons. The molecule has 9 heteroatoms. The molecule has 3 rings (SSSR count). The summed E-state index contributed by atoms with van der Waals surface area (Å²) in [6.07, 6.45) is 0.353. The number of rotatable bonds is 11. The molecule has 0 aliphatic carbocycles. The van der Waals surface area contributed by atoms with Gasteiger partial charge in [-0.2, -0.15) is 0 Å². The first-order chi connectivity index (χ1) is 18.0. The molecule has 3 aromatic rings. The first-order valence-corrected chi connectivity index (χ1v) is 13.8. The maximum atomic E-state index is 13.7. The zero-order valence-corrected chi connectivity index (χ0v) is 23.3. The Labute approximate surface area is 232 Å². The predicted octanol–water partition coefficient (Wildman–Crippen LogP) is 6.04. The molecule has 38 heavy (non-hydrogen) atoms. The molecule has 7 nitrogen and oxygen atoms in total. The highest BCUT2D eigenvalue weighted by Crippen LogP contribution is 2.23. The summed E-state index contributed by atoms with van der Waals surface area (Å²) in [5.74, 6) is 0.209. The Hall–Kier alpha value is -3.36. The van der Waals surface area contributed by atoms with Crippen LogP contribution in [0.1, 0.15) is 37.5 Å². The molecular weight excluding hydrogens is 522 g/mol. The summed E-state index contributed by atoms with van der Waals surface area (Å²) >= 11 is 7.85. The summed E-state index contributed by atoms with van der Waals surface area (Å²) in [4.78, 5) is 39.3. The Morgan fingerprint density at radius 1 is 0.974 bits per heavy atom. The molecule has 1 N–H and O–H groups in total. The van der Waals surface area contributed by atoms with Crippen LogP contribution < -0.4 is 5.32 Å². The average molecular weight is 554 g/mol. The summed E-state index contributed by atoms with van der Waals surface area (Å²) in [5.41, 5.74) is 2.11. The molecule has 0 heterocycles. The number of nitrogens with zero attached hydrogens (tertiary/aromatic N) is 2. The zero-order chi connectivity index (χ0) is 27.7. The van der Waals surface area contributed by atoms with Crippen molar-refractivity contribution in [1.29, 1.82) is 0 Å². The zero-order valence-electron chi connectivity index (χ0n) is 21.7. The second-order valence-corrected chi connectivity index (χ2v) is 11.4. The van der Waals surface area contributed by atoms with Crippen LogP contribution in [0.5, 0.6) is 0 Å². The molecule has 1 unspecified atom stereocenters. The lowest BCUT2D eigenvalue weighted by molar-refractivity contribution is -0.384. The Bertz CT molecular complexity index is 1250. The van der Waals surface area contributed by atoms with Gasteiger partial charge in [0.2, 0.25) is 11.8 Å². The minimum Gasteiger partial charge on any atom is -0.350 e. The Morgan fingerprint density at radius 2 is 1.61 bits per heavy atom. The van der Waals surface area contributed by atoms with E-state index in [2.05, 4.69) is 5.32 Å².